The quantitative estimate of drug-likeness (QED) is 0.382. The first-order valence-electron chi connectivity index (χ1n) is 9.91. The maximum Gasteiger partial charge on any atom is 0.347 e. The van der Waals surface area contributed by atoms with E-state index in [1.807, 2.05) is 6.07 Å². The van der Waals surface area contributed by atoms with Crippen molar-refractivity contribution in [1.82, 2.24) is 5.43 Å². The number of amides is 2. The number of nitrogens with zero attached hydrogens (tertiary/aromatic N) is 1. The Morgan fingerprint density at radius 1 is 1.09 bits per heavy atom. The van der Waals surface area contributed by atoms with Crippen molar-refractivity contribution in [2.24, 2.45) is 0 Å². The van der Waals surface area contributed by atoms with Gasteiger partial charge in [0.2, 0.25) is 5.75 Å². The molecule has 9 heteroatoms. The molecule has 168 valence electrons. The monoisotopic (exact) mass is 440 g/mol. The van der Waals surface area contributed by atoms with Gasteiger partial charge in [-0.15, -0.1) is 0 Å². The number of hydrogen-bond donors (Lipinski definition) is 1. The number of methoxy groups -OCH3 is 2. The molecule has 1 saturated heterocycles. The smallest absolute Gasteiger partial charge is 0.347 e. The third-order valence-corrected chi connectivity index (χ3v) is 4.61. The molecule has 1 N–H and O–H groups in total. The van der Waals surface area contributed by atoms with Crippen LogP contribution in [0.2, 0.25) is 0 Å². The van der Waals surface area contributed by atoms with Gasteiger partial charge in [0.15, 0.2) is 17.6 Å². The third-order valence-electron chi connectivity index (χ3n) is 4.61. The van der Waals surface area contributed by atoms with Crippen molar-refractivity contribution in [1.29, 1.82) is 0 Å². The predicted octanol–water partition coefficient (Wildman–Crippen LogP) is 2.50. The Kier molecular flexibility index (Phi) is 6.99. The van der Waals surface area contributed by atoms with Gasteiger partial charge in [0.1, 0.15) is 5.57 Å². The lowest BCUT2D eigenvalue weighted by Gasteiger charge is -2.18. The maximum absolute atomic E-state index is 12.8. The summed E-state index contributed by atoms with van der Waals surface area (Å²) < 4.78 is 21.5. The Labute approximate surface area is 185 Å². The first-order chi connectivity index (χ1) is 15.4. The lowest BCUT2D eigenvalue weighted by molar-refractivity contribution is -0.150. The maximum atomic E-state index is 12.8. The lowest BCUT2D eigenvalue weighted by Crippen LogP contribution is -2.35. The van der Waals surface area contributed by atoms with Crippen LogP contribution < -0.4 is 24.6 Å². The first kappa shape index (κ1) is 22.7. The number of ether oxygens (including phenoxy) is 4. The zero-order valence-electron chi connectivity index (χ0n) is 18.2. The molecule has 9 nitrogen and oxygen atoms in total. The highest BCUT2D eigenvalue weighted by Gasteiger charge is 2.34. The highest BCUT2D eigenvalue weighted by molar-refractivity contribution is 6.31. The van der Waals surface area contributed by atoms with Crippen LogP contribution in [0.4, 0.5) is 5.69 Å². The molecular formula is C23H24N2O7. The summed E-state index contributed by atoms with van der Waals surface area (Å²) in [6, 6.07) is 11.9. The van der Waals surface area contributed by atoms with E-state index in [1.165, 1.54) is 25.3 Å². The molecular weight excluding hydrogens is 416 g/mol. The van der Waals surface area contributed by atoms with Crippen LogP contribution >= 0.6 is 0 Å². The highest BCUT2D eigenvalue weighted by atomic mass is 16.6. The molecule has 0 spiro atoms. The molecule has 0 aromatic heterocycles. The summed E-state index contributed by atoms with van der Waals surface area (Å²) >= 11 is 0. The van der Waals surface area contributed by atoms with E-state index in [-0.39, 0.29) is 29.4 Å². The molecule has 0 saturated carbocycles. The standard InChI is InChI=1S/C23H24N2O7/c1-5-31-23(28)14(2)32-20-18(29-3)12-15(13-19(20)30-4)11-17-21(26)24-25(22(17)27)16-9-7-6-8-10-16/h6-14H,5H2,1-4H3,(H,24,26). The Morgan fingerprint density at radius 3 is 2.28 bits per heavy atom. The minimum atomic E-state index is -0.899. The molecule has 0 radical (unpaired) electrons. The van der Waals surface area contributed by atoms with Gasteiger partial charge in [-0.2, -0.15) is 0 Å². The number of anilines is 1. The molecule has 3 rings (SSSR count). The second kappa shape index (κ2) is 9.86. The van der Waals surface area contributed by atoms with E-state index in [4.69, 9.17) is 18.9 Å². The van der Waals surface area contributed by atoms with Crippen LogP contribution in [0, 0.1) is 0 Å². The molecule has 32 heavy (non-hydrogen) atoms. The Bertz CT molecular complexity index is 1020. The van der Waals surface area contributed by atoms with Gasteiger partial charge in [0.25, 0.3) is 11.8 Å². The van der Waals surface area contributed by atoms with E-state index in [9.17, 15) is 14.4 Å². The number of nitrogens with one attached hydrogen (secondary N) is 1. The zero-order valence-corrected chi connectivity index (χ0v) is 18.2. The van der Waals surface area contributed by atoms with Gasteiger partial charge in [-0.25, -0.2) is 9.80 Å². The average Bonchev–Trinajstić information content (AvgIpc) is 3.08. The van der Waals surface area contributed by atoms with Crippen LogP contribution in [0.3, 0.4) is 0 Å². The number of carbonyl (C=O) groups excluding carboxylic acids is 3. The zero-order chi connectivity index (χ0) is 23.3. The number of benzene rings is 2. The third kappa shape index (κ3) is 4.66. The molecule has 2 aromatic rings. The van der Waals surface area contributed by atoms with Crippen LogP contribution in [0.15, 0.2) is 48.0 Å². The molecule has 1 heterocycles. The van der Waals surface area contributed by atoms with Gasteiger partial charge >= 0.3 is 5.97 Å². The number of carbonyl (C=O) groups is 3. The summed E-state index contributed by atoms with van der Waals surface area (Å²) in [5.41, 5.74) is 3.52. The lowest BCUT2D eigenvalue weighted by atomic mass is 10.1. The first-order valence-corrected chi connectivity index (χ1v) is 9.91. The van der Waals surface area contributed by atoms with Crippen molar-refractivity contribution in [2.45, 2.75) is 20.0 Å². The minimum Gasteiger partial charge on any atom is -0.493 e. The SMILES string of the molecule is CCOC(=O)C(C)Oc1c(OC)cc(C=C2C(=O)NN(c3ccccc3)C2=O)cc1OC. The largest absolute Gasteiger partial charge is 0.493 e. The summed E-state index contributed by atoms with van der Waals surface area (Å²) in [5, 5.41) is 1.18. The predicted molar refractivity (Wildman–Crippen MR) is 116 cm³/mol. The molecule has 1 atom stereocenters. The highest BCUT2D eigenvalue weighted by Crippen LogP contribution is 2.40. The van der Waals surface area contributed by atoms with Crippen molar-refractivity contribution >= 4 is 29.5 Å². The van der Waals surface area contributed by atoms with E-state index in [0.29, 0.717) is 11.3 Å². The van der Waals surface area contributed by atoms with Crippen molar-refractivity contribution in [2.75, 3.05) is 25.8 Å². The van der Waals surface area contributed by atoms with Crippen molar-refractivity contribution in [3.63, 3.8) is 0 Å². The second-order valence-corrected chi connectivity index (χ2v) is 6.74. The molecule has 0 bridgehead atoms. The van der Waals surface area contributed by atoms with Gasteiger partial charge in [0.05, 0.1) is 26.5 Å². The fourth-order valence-corrected chi connectivity index (χ4v) is 3.07. The summed E-state index contributed by atoms with van der Waals surface area (Å²) in [7, 11) is 2.86. The van der Waals surface area contributed by atoms with Gasteiger partial charge in [-0.3, -0.25) is 15.0 Å². The molecule has 1 aliphatic rings. The van der Waals surface area contributed by atoms with E-state index < -0.39 is 23.9 Å². The summed E-state index contributed by atoms with van der Waals surface area (Å²) in [6.45, 7) is 3.48. The van der Waals surface area contributed by atoms with E-state index >= 15 is 0 Å². The van der Waals surface area contributed by atoms with E-state index in [1.54, 1.807) is 50.2 Å². The minimum absolute atomic E-state index is 0.0495. The van der Waals surface area contributed by atoms with Crippen LogP contribution in [-0.4, -0.2) is 44.7 Å². The van der Waals surface area contributed by atoms with E-state index in [2.05, 4.69) is 5.43 Å². The Morgan fingerprint density at radius 2 is 1.72 bits per heavy atom. The van der Waals surface area contributed by atoms with Crippen LogP contribution in [0.5, 0.6) is 17.2 Å². The average molecular weight is 440 g/mol. The van der Waals surface area contributed by atoms with Crippen molar-refractivity contribution in [3.8, 4) is 17.2 Å². The van der Waals surface area contributed by atoms with Crippen LogP contribution in [-0.2, 0) is 19.1 Å². The normalized spacial score (nSPS) is 15.4. The summed E-state index contributed by atoms with van der Waals surface area (Å²) in [6.07, 6.45) is 0.535. The second-order valence-electron chi connectivity index (χ2n) is 6.74. The topological polar surface area (TPSA) is 103 Å². The van der Waals surface area contributed by atoms with Gasteiger partial charge in [0, 0.05) is 0 Å². The van der Waals surface area contributed by atoms with Crippen LogP contribution in [0.25, 0.3) is 6.08 Å². The molecule has 2 amide bonds. The fraction of sp³-hybridized carbons (Fsp3) is 0.261. The van der Waals surface area contributed by atoms with Crippen molar-refractivity contribution < 1.29 is 33.3 Å². The van der Waals surface area contributed by atoms with Gasteiger partial charge in [-0.05, 0) is 49.8 Å². The van der Waals surface area contributed by atoms with Crippen LogP contribution in [0.1, 0.15) is 19.4 Å². The summed E-state index contributed by atoms with van der Waals surface area (Å²) in [4.78, 5) is 37.2. The molecule has 1 unspecified atom stereocenters. The van der Waals surface area contributed by atoms with Gasteiger partial charge in [-0.1, -0.05) is 18.2 Å². The van der Waals surface area contributed by atoms with Crippen molar-refractivity contribution in [3.05, 3.63) is 53.6 Å². The molecule has 0 aliphatic carbocycles. The fourth-order valence-electron chi connectivity index (χ4n) is 3.07. The Hall–Kier alpha value is -4.01. The molecule has 2 aromatic carbocycles. The number of para-hydroxylation sites is 1. The van der Waals surface area contributed by atoms with E-state index in [0.717, 1.165) is 0 Å². The number of hydrazine groups is 1. The summed E-state index contributed by atoms with van der Waals surface area (Å²) in [5.74, 6) is -0.831. The number of rotatable bonds is 8. The molecule has 1 aliphatic heterocycles. The number of hydrogen-bond acceptors (Lipinski definition) is 7. The number of esters is 1. The van der Waals surface area contributed by atoms with Gasteiger partial charge < -0.3 is 18.9 Å². The molecule has 1 fully saturated rings. The Balaban J connectivity index is 1.93.